The number of likely N-dealkylation sites (tertiary alicyclic amines) is 1. The van der Waals surface area contributed by atoms with E-state index in [1.54, 1.807) is 4.90 Å². The minimum atomic E-state index is -0.507. The Morgan fingerprint density at radius 1 is 1.29 bits per heavy atom. The number of piperidine rings is 1. The zero-order valence-electron chi connectivity index (χ0n) is 9.38. The van der Waals surface area contributed by atoms with Crippen LogP contribution in [0.3, 0.4) is 0 Å². The zero-order chi connectivity index (χ0) is 12.4. The van der Waals surface area contributed by atoms with Crippen molar-refractivity contribution < 1.29 is 9.18 Å². The number of halogens is 2. The van der Waals surface area contributed by atoms with E-state index in [1.165, 1.54) is 12.1 Å². The monoisotopic (exact) mass is 300 g/mol. The van der Waals surface area contributed by atoms with Crippen molar-refractivity contribution in [2.24, 2.45) is 0 Å². The van der Waals surface area contributed by atoms with E-state index >= 15 is 0 Å². The van der Waals surface area contributed by atoms with Crippen molar-refractivity contribution in [2.75, 3.05) is 18.8 Å². The van der Waals surface area contributed by atoms with Crippen molar-refractivity contribution in [1.29, 1.82) is 0 Å². The lowest BCUT2D eigenvalue weighted by Crippen LogP contribution is -2.35. The molecule has 0 spiro atoms. The number of rotatable bonds is 1. The van der Waals surface area contributed by atoms with Gasteiger partial charge in [0.05, 0.1) is 11.3 Å². The summed E-state index contributed by atoms with van der Waals surface area (Å²) in [5.74, 6) is -0.588. The molecule has 92 valence electrons. The van der Waals surface area contributed by atoms with Gasteiger partial charge in [-0.3, -0.25) is 4.79 Å². The maximum atomic E-state index is 13.2. The number of amides is 1. The maximum Gasteiger partial charge on any atom is 0.255 e. The molecule has 5 heteroatoms. The van der Waals surface area contributed by atoms with Crippen molar-refractivity contribution in [2.45, 2.75) is 19.3 Å². The molecule has 1 aromatic carbocycles. The Morgan fingerprint density at radius 2 is 1.94 bits per heavy atom. The normalized spacial score (nSPS) is 16.0. The highest BCUT2D eigenvalue weighted by atomic mass is 79.9. The van der Waals surface area contributed by atoms with Gasteiger partial charge in [-0.1, -0.05) is 0 Å². The van der Waals surface area contributed by atoms with E-state index in [0.29, 0.717) is 10.0 Å². The highest BCUT2D eigenvalue weighted by molar-refractivity contribution is 9.10. The third-order valence-corrected chi connectivity index (χ3v) is 3.62. The predicted octanol–water partition coefficient (Wildman–Crippen LogP) is 2.80. The Bertz CT molecular complexity index is 444. The minimum absolute atomic E-state index is 0.00793. The van der Waals surface area contributed by atoms with Crippen LogP contribution in [0.5, 0.6) is 0 Å². The van der Waals surface area contributed by atoms with Crippen LogP contribution < -0.4 is 5.73 Å². The zero-order valence-corrected chi connectivity index (χ0v) is 11.0. The molecule has 0 saturated carbocycles. The van der Waals surface area contributed by atoms with Gasteiger partial charge < -0.3 is 10.6 Å². The van der Waals surface area contributed by atoms with E-state index in [-0.39, 0.29) is 11.6 Å². The van der Waals surface area contributed by atoms with Crippen molar-refractivity contribution in [3.05, 3.63) is 28.0 Å². The van der Waals surface area contributed by atoms with E-state index < -0.39 is 5.82 Å². The molecule has 1 saturated heterocycles. The summed E-state index contributed by atoms with van der Waals surface area (Å²) >= 11 is 3.21. The smallest absolute Gasteiger partial charge is 0.255 e. The number of nitrogens with two attached hydrogens (primary N) is 1. The van der Waals surface area contributed by atoms with Crippen molar-refractivity contribution in [1.82, 2.24) is 4.90 Å². The van der Waals surface area contributed by atoms with Crippen molar-refractivity contribution >= 4 is 27.5 Å². The van der Waals surface area contributed by atoms with Crippen LogP contribution >= 0.6 is 15.9 Å². The number of benzene rings is 1. The number of carbonyl (C=O) groups excluding carboxylic acids is 1. The van der Waals surface area contributed by atoms with Crippen LogP contribution in [-0.4, -0.2) is 23.9 Å². The highest BCUT2D eigenvalue weighted by Gasteiger charge is 2.21. The molecule has 1 aliphatic rings. The molecule has 17 heavy (non-hydrogen) atoms. The van der Waals surface area contributed by atoms with Crippen LogP contribution in [0.2, 0.25) is 0 Å². The van der Waals surface area contributed by atoms with Crippen molar-refractivity contribution in [3.8, 4) is 0 Å². The summed E-state index contributed by atoms with van der Waals surface area (Å²) in [6, 6.07) is 2.64. The number of anilines is 1. The Labute approximate surface area is 108 Å². The summed E-state index contributed by atoms with van der Waals surface area (Å²) in [6.45, 7) is 1.53. The average molecular weight is 301 g/mol. The van der Waals surface area contributed by atoms with Gasteiger partial charge in [-0.25, -0.2) is 4.39 Å². The first-order chi connectivity index (χ1) is 8.09. The standard InChI is InChI=1S/C12H14BrFN2O/c13-9-7-10(14)11(15)6-8(9)12(17)16-4-2-1-3-5-16/h6-7H,1-5,15H2. The number of nitrogens with zero attached hydrogens (tertiary/aromatic N) is 1. The highest BCUT2D eigenvalue weighted by Crippen LogP contribution is 2.25. The summed E-state index contributed by atoms with van der Waals surface area (Å²) in [5.41, 5.74) is 5.93. The fourth-order valence-electron chi connectivity index (χ4n) is 2.00. The van der Waals surface area contributed by atoms with Crippen LogP contribution in [0.15, 0.2) is 16.6 Å². The van der Waals surface area contributed by atoms with Gasteiger partial charge in [0.2, 0.25) is 0 Å². The first-order valence-electron chi connectivity index (χ1n) is 5.63. The summed E-state index contributed by atoms with van der Waals surface area (Å²) in [7, 11) is 0. The number of nitrogen functional groups attached to an aromatic ring is 1. The third-order valence-electron chi connectivity index (χ3n) is 2.96. The molecular formula is C12H14BrFN2O. The summed E-state index contributed by atoms with van der Waals surface area (Å²) in [6.07, 6.45) is 3.22. The molecule has 0 aromatic heterocycles. The van der Waals surface area contributed by atoms with Gasteiger partial charge in [0.15, 0.2) is 0 Å². The maximum absolute atomic E-state index is 13.2. The van der Waals surface area contributed by atoms with Gasteiger partial charge >= 0.3 is 0 Å². The van der Waals surface area contributed by atoms with Crippen molar-refractivity contribution in [3.63, 3.8) is 0 Å². The molecule has 0 atom stereocenters. The van der Waals surface area contributed by atoms with Gasteiger partial charge in [-0.2, -0.15) is 0 Å². The number of hydrogen-bond acceptors (Lipinski definition) is 2. The molecular weight excluding hydrogens is 287 g/mol. The quantitative estimate of drug-likeness (QED) is 0.811. The SMILES string of the molecule is Nc1cc(C(=O)N2CCCCC2)c(Br)cc1F. The van der Waals surface area contributed by atoms with Gasteiger partial charge in [0.25, 0.3) is 5.91 Å². The van der Waals surface area contributed by atoms with Crippen LogP contribution in [-0.2, 0) is 0 Å². The Kier molecular flexibility index (Phi) is 3.66. The minimum Gasteiger partial charge on any atom is -0.396 e. The molecule has 1 heterocycles. The number of hydrogen-bond donors (Lipinski definition) is 1. The van der Waals surface area contributed by atoms with E-state index in [1.807, 2.05) is 0 Å². The van der Waals surface area contributed by atoms with E-state index in [0.717, 1.165) is 32.4 Å². The molecule has 1 aromatic rings. The second kappa shape index (κ2) is 5.04. The third kappa shape index (κ3) is 2.60. The van der Waals surface area contributed by atoms with Crippen LogP contribution in [0.1, 0.15) is 29.6 Å². The fraction of sp³-hybridized carbons (Fsp3) is 0.417. The molecule has 0 unspecified atom stereocenters. The lowest BCUT2D eigenvalue weighted by atomic mass is 10.1. The lowest BCUT2D eigenvalue weighted by Gasteiger charge is -2.27. The second-order valence-corrected chi connectivity index (χ2v) is 5.06. The van der Waals surface area contributed by atoms with E-state index in [2.05, 4.69) is 15.9 Å². The molecule has 0 radical (unpaired) electrons. The molecule has 0 aliphatic carbocycles. The molecule has 0 bridgehead atoms. The van der Waals surface area contributed by atoms with Crippen LogP contribution in [0.4, 0.5) is 10.1 Å². The molecule has 1 amide bonds. The first kappa shape index (κ1) is 12.4. The second-order valence-electron chi connectivity index (χ2n) is 4.21. The summed E-state index contributed by atoms with van der Waals surface area (Å²) < 4.78 is 13.6. The van der Waals surface area contributed by atoms with E-state index in [9.17, 15) is 9.18 Å². The molecule has 1 fully saturated rings. The van der Waals surface area contributed by atoms with Gasteiger partial charge in [-0.05, 0) is 47.3 Å². The van der Waals surface area contributed by atoms with Crippen LogP contribution in [0.25, 0.3) is 0 Å². The number of carbonyl (C=O) groups is 1. The topological polar surface area (TPSA) is 46.3 Å². The molecule has 3 nitrogen and oxygen atoms in total. The Balaban J connectivity index is 2.26. The lowest BCUT2D eigenvalue weighted by molar-refractivity contribution is 0.0723. The van der Waals surface area contributed by atoms with Crippen LogP contribution in [0, 0.1) is 5.82 Å². The van der Waals surface area contributed by atoms with Gasteiger partial charge in [0.1, 0.15) is 5.82 Å². The fourth-order valence-corrected chi connectivity index (χ4v) is 2.48. The predicted molar refractivity (Wildman–Crippen MR) is 68.3 cm³/mol. The molecule has 1 aliphatic heterocycles. The largest absolute Gasteiger partial charge is 0.396 e. The Hall–Kier alpha value is -1.10. The first-order valence-corrected chi connectivity index (χ1v) is 6.42. The molecule has 2 N–H and O–H groups in total. The summed E-state index contributed by atoms with van der Waals surface area (Å²) in [5, 5.41) is 0. The van der Waals surface area contributed by atoms with Gasteiger partial charge in [-0.15, -0.1) is 0 Å². The molecule has 2 rings (SSSR count). The van der Waals surface area contributed by atoms with Gasteiger partial charge in [0, 0.05) is 17.6 Å². The average Bonchev–Trinajstić information content (AvgIpc) is 2.34. The Morgan fingerprint density at radius 3 is 2.59 bits per heavy atom. The summed E-state index contributed by atoms with van der Waals surface area (Å²) in [4.78, 5) is 14.0. The van der Waals surface area contributed by atoms with E-state index in [4.69, 9.17) is 5.73 Å².